The molecule has 11 heavy (non-hydrogen) atoms. The molecule has 1 fully saturated rings. The Labute approximate surface area is 68.2 Å². The maximum absolute atomic E-state index is 7.63. The van der Waals surface area contributed by atoms with Crippen LogP contribution in [0.25, 0.3) is 0 Å². The van der Waals surface area contributed by atoms with Gasteiger partial charge in [0.1, 0.15) is 0 Å². The van der Waals surface area contributed by atoms with E-state index in [0.29, 0.717) is 5.92 Å². The molecule has 1 saturated heterocycles. The van der Waals surface area contributed by atoms with E-state index in [9.17, 15) is 0 Å². The smallest absolute Gasteiger partial charge is 0.0368 e. The van der Waals surface area contributed by atoms with Crippen molar-refractivity contribution in [1.82, 2.24) is 5.32 Å². The lowest BCUT2D eigenvalue weighted by atomic mass is 10.0. The molecule has 1 aliphatic heterocycles. The third kappa shape index (κ3) is 2.46. The molecular formula is C9H16N2. The van der Waals surface area contributed by atoms with Crippen LogP contribution < -0.4 is 5.32 Å². The molecule has 2 N–H and O–H groups in total. The van der Waals surface area contributed by atoms with Crippen LogP contribution in [0.5, 0.6) is 0 Å². The quantitative estimate of drug-likeness (QED) is 0.588. The first kappa shape index (κ1) is 8.47. The molecule has 0 saturated carbocycles. The normalized spacial score (nSPS) is 23.2. The maximum Gasteiger partial charge on any atom is 0.0368 e. The molecule has 2 nitrogen and oxygen atoms in total. The predicted octanol–water partition coefficient (Wildman–Crippen LogP) is 1.58. The van der Waals surface area contributed by atoms with E-state index >= 15 is 0 Å². The highest BCUT2D eigenvalue weighted by Crippen LogP contribution is 2.08. The molecule has 0 aliphatic carbocycles. The van der Waals surface area contributed by atoms with E-state index in [1.54, 1.807) is 0 Å². The van der Waals surface area contributed by atoms with Gasteiger partial charge in [0, 0.05) is 25.2 Å². The molecule has 0 radical (unpaired) electrons. The molecule has 62 valence electrons. The van der Waals surface area contributed by atoms with Crippen LogP contribution in [0.3, 0.4) is 0 Å². The van der Waals surface area contributed by atoms with Crippen molar-refractivity contribution in [1.29, 1.82) is 5.41 Å². The number of hydrogen-bond acceptors (Lipinski definition) is 2. The average molecular weight is 152 g/mol. The SMILES string of the molecule is CC(C)/C=C1/CNCCC1=N. The van der Waals surface area contributed by atoms with E-state index in [0.717, 1.165) is 25.2 Å². The second-order valence-electron chi connectivity index (χ2n) is 3.34. The molecular weight excluding hydrogens is 136 g/mol. The Balaban J connectivity index is 2.61. The Morgan fingerprint density at radius 3 is 2.82 bits per heavy atom. The van der Waals surface area contributed by atoms with E-state index in [1.807, 2.05) is 0 Å². The fourth-order valence-corrected chi connectivity index (χ4v) is 1.27. The minimum absolute atomic E-state index is 0.560. The second kappa shape index (κ2) is 3.67. The zero-order valence-corrected chi connectivity index (χ0v) is 7.28. The van der Waals surface area contributed by atoms with Crippen molar-refractivity contribution in [2.75, 3.05) is 13.1 Å². The first-order valence-electron chi connectivity index (χ1n) is 4.19. The Hall–Kier alpha value is -0.630. The summed E-state index contributed by atoms with van der Waals surface area (Å²) < 4.78 is 0. The summed E-state index contributed by atoms with van der Waals surface area (Å²) in [6.45, 7) is 6.15. The average Bonchev–Trinajstić information content (AvgIpc) is 1.93. The van der Waals surface area contributed by atoms with Gasteiger partial charge in [0.15, 0.2) is 0 Å². The van der Waals surface area contributed by atoms with Gasteiger partial charge in [-0.2, -0.15) is 0 Å². The first-order valence-corrected chi connectivity index (χ1v) is 4.19. The van der Waals surface area contributed by atoms with Gasteiger partial charge in [-0.05, 0) is 11.5 Å². The fraction of sp³-hybridized carbons (Fsp3) is 0.667. The number of piperidine rings is 1. The van der Waals surface area contributed by atoms with Crippen LogP contribution in [0, 0.1) is 11.3 Å². The van der Waals surface area contributed by atoms with Crippen LogP contribution in [-0.4, -0.2) is 18.8 Å². The van der Waals surface area contributed by atoms with Crippen molar-refractivity contribution in [3.63, 3.8) is 0 Å². The lowest BCUT2D eigenvalue weighted by Gasteiger charge is -2.17. The van der Waals surface area contributed by atoms with E-state index in [2.05, 4.69) is 25.2 Å². The first-order chi connectivity index (χ1) is 5.20. The summed E-state index contributed by atoms with van der Waals surface area (Å²) in [5.41, 5.74) is 2.00. The Kier molecular flexibility index (Phi) is 2.83. The predicted molar refractivity (Wildman–Crippen MR) is 48.1 cm³/mol. The third-order valence-electron chi connectivity index (χ3n) is 1.79. The Bertz CT molecular complexity index is 180. The van der Waals surface area contributed by atoms with Crippen LogP contribution >= 0.6 is 0 Å². The molecule has 0 amide bonds. The minimum atomic E-state index is 0.560. The van der Waals surface area contributed by atoms with Crippen molar-refractivity contribution in [2.24, 2.45) is 5.92 Å². The molecule has 1 aliphatic rings. The lowest BCUT2D eigenvalue weighted by Crippen LogP contribution is -2.30. The second-order valence-corrected chi connectivity index (χ2v) is 3.34. The number of rotatable bonds is 1. The minimum Gasteiger partial charge on any atom is -0.312 e. The molecule has 0 atom stereocenters. The summed E-state index contributed by atoms with van der Waals surface area (Å²) in [7, 11) is 0. The molecule has 0 aromatic rings. The molecule has 1 rings (SSSR count). The zero-order chi connectivity index (χ0) is 8.27. The molecule has 2 heteroatoms. The maximum atomic E-state index is 7.63. The van der Waals surface area contributed by atoms with Gasteiger partial charge >= 0.3 is 0 Å². The standard InChI is InChI=1S/C9H16N2/c1-7(2)5-8-6-11-4-3-9(8)10/h5,7,10-11H,3-4,6H2,1-2H3/b8-5-,10-9?. The van der Waals surface area contributed by atoms with Crippen LogP contribution in [0.15, 0.2) is 11.6 Å². The zero-order valence-electron chi connectivity index (χ0n) is 7.28. The van der Waals surface area contributed by atoms with E-state index in [4.69, 9.17) is 5.41 Å². The van der Waals surface area contributed by atoms with Crippen molar-refractivity contribution >= 4 is 5.71 Å². The van der Waals surface area contributed by atoms with Crippen molar-refractivity contribution in [3.8, 4) is 0 Å². The van der Waals surface area contributed by atoms with Crippen molar-refractivity contribution in [3.05, 3.63) is 11.6 Å². The summed E-state index contributed by atoms with van der Waals surface area (Å²) in [5.74, 6) is 0.560. The molecule has 0 spiro atoms. The van der Waals surface area contributed by atoms with Gasteiger partial charge in [-0.3, -0.25) is 0 Å². The van der Waals surface area contributed by atoms with Gasteiger partial charge in [-0.1, -0.05) is 19.9 Å². The summed E-state index contributed by atoms with van der Waals surface area (Å²) in [6.07, 6.45) is 3.06. The molecule has 0 aromatic carbocycles. The Morgan fingerprint density at radius 2 is 2.27 bits per heavy atom. The van der Waals surface area contributed by atoms with Crippen LogP contribution in [0.2, 0.25) is 0 Å². The summed E-state index contributed by atoms with van der Waals surface area (Å²) in [5, 5.41) is 10.9. The number of hydrogen-bond donors (Lipinski definition) is 2. The summed E-state index contributed by atoms with van der Waals surface area (Å²) in [6, 6.07) is 0. The monoisotopic (exact) mass is 152 g/mol. The van der Waals surface area contributed by atoms with Gasteiger partial charge in [-0.25, -0.2) is 0 Å². The van der Waals surface area contributed by atoms with Crippen molar-refractivity contribution < 1.29 is 0 Å². The largest absolute Gasteiger partial charge is 0.312 e. The van der Waals surface area contributed by atoms with Crippen LogP contribution in [-0.2, 0) is 0 Å². The topological polar surface area (TPSA) is 35.9 Å². The number of nitrogens with one attached hydrogen (secondary N) is 2. The molecule has 0 unspecified atom stereocenters. The molecule has 1 heterocycles. The van der Waals surface area contributed by atoms with Crippen LogP contribution in [0.4, 0.5) is 0 Å². The summed E-state index contributed by atoms with van der Waals surface area (Å²) >= 11 is 0. The van der Waals surface area contributed by atoms with E-state index in [-0.39, 0.29) is 0 Å². The van der Waals surface area contributed by atoms with Gasteiger partial charge in [0.05, 0.1) is 0 Å². The van der Waals surface area contributed by atoms with Gasteiger partial charge in [-0.15, -0.1) is 0 Å². The van der Waals surface area contributed by atoms with Gasteiger partial charge in [0.25, 0.3) is 0 Å². The fourth-order valence-electron chi connectivity index (χ4n) is 1.27. The summed E-state index contributed by atoms with van der Waals surface area (Å²) in [4.78, 5) is 0. The van der Waals surface area contributed by atoms with Crippen molar-refractivity contribution in [2.45, 2.75) is 20.3 Å². The highest BCUT2D eigenvalue weighted by molar-refractivity contribution is 5.98. The highest BCUT2D eigenvalue weighted by Gasteiger charge is 2.10. The highest BCUT2D eigenvalue weighted by atomic mass is 14.9. The van der Waals surface area contributed by atoms with Gasteiger partial charge < -0.3 is 10.7 Å². The van der Waals surface area contributed by atoms with Gasteiger partial charge in [0.2, 0.25) is 0 Å². The molecule has 0 aromatic heterocycles. The van der Waals surface area contributed by atoms with E-state index in [1.165, 1.54) is 5.57 Å². The Morgan fingerprint density at radius 1 is 1.55 bits per heavy atom. The molecule has 0 bridgehead atoms. The van der Waals surface area contributed by atoms with E-state index < -0.39 is 0 Å². The number of allylic oxidation sites excluding steroid dienone is 1. The third-order valence-corrected chi connectivity index (χ3v) is 1.79. The lowest BCUT2D eigenvalue weighted by molar-refractivity contribution is 0.715. The van der Waals surface area contributed by atoms with Crippen LogP contribution in [0.1, 0.15) is 20.3 Å².